The number of furan rings is 1. The van der Waals surface area contributed by atoms with Gasteiger partial charge in [0, 0.05) is 35.8 Å². The smallest absolute Gasteiger partial charge is 0.206 e. The van der Waals surface area contributed by atoms with Crippen molar-refractivity contribution in [3.05, 3.63) is 85.0 Å². The number of hydrogen-bond acceptors (Lipinski definition) is 5. The molecule has 0 radical (unpaired) electrons. The standard InChI is InChI=1S/C20H16N2O3S/c23-26(24,18-5-2-1-3-6-18)19-13-16-7-12-25-20(16)17(14-19)15-22-10-4-8-21-9-11-22/h1-14H,15H2. The number of benzene rings is 2. The summed E-state index contributed by atoms with van der Waals surface area (Å²) in [6.07, 6.45) is 10.5. The SMILES string of the molecule is O=S(=O)(c1ccccc1)c1cc(CN2C=CC=NC=C2)c2occc2c1. The summed E-state index contributed by atoms with van der Waals surface area (Å²) in [6, 6.07) is 13.6. The third-order valence-electron chi connectivity index (χ3n) is 4.11. The predicted molar refractivity (Wildman–Crippen MR) is 100 cm³/mol. The van der Waals surface area contributed by atoms with Crippen molar-refractivity contribution in [3.63, 3.8) is 0 Å². The van der Waals surface area contributed by atoms with E-state index in [1.165, 1.54) is 0 Å². The molecule has 0 spiro atoms. The van der Waals surface area contributed by atoms with Crippen LogP contribution >= 0.6 is 0 Å². The van der Waals surface area contributed by atoms with E-state index < -0.39 is 9.84 Å². The minimum atomic E-state index is -3.60. The predicted octanol–water partition coefficient (Wildman–Crippen LogP) is 4.14. The van der Waals surface area contributed by atoms with Gasteiger partial charge in [-0.1, -0.05) is 18.2 Å². The lowest BCUT2D eigenvalue weighted by Crippen LogP contribution is -2.10. The zero-order valence-electron chi connectivity index (χ0n) is 13.8. The maximum atomic E-state index is 13.0. The second-order valence-electron chi connectivity index (χ2n) is 5.85. The fraction of sp³-hybridized carbons (Fsp3) is 0.0500. The Balaban J connectivity index is 1.80. The molecule has 0 N–H and O–H groups in total. The summed E-state index contributed by atoms with van der Waals surface area (Å²) in [5.74, 6) is 0. The lowest BCUT2D eigenvalue weighted by Gasteiger charge is -2.15. The van der Waals surface area contributed by atoms with E-state index >= 15 is 0 Å². The van der Waals surface area contributed by atoms with Gasteiger partial charge in [-0.25, -0.2) is 8.42 Å². The molecule has 130 valence electrons. The van der Waals surface area contributed by atoms with Gasteiger partial charge in [0.1, 0.15) is 5.58 Å². The third kappa shape index (κ3) is 3.07. The summed E-state index contributed by atoms with van der Waals surface area (Å²) in [7, 11) is -3.60. The Labute approximate surface area is 151 Å². The Morgan fingerprint density at radius 3 is 2.69 bits per heavy atom. The molecule has 0 aliphatic carbocycles. The van der Waals surface area contributed by atoms with Gasteiger partial charge in [0.05, 0.1) is 22.6 Å². The molecule has 0 saturated heterocycles. The van der Waals surface area contributed by atoms with Crippen molar-refractivity contribution >= 4 is 27.0 Å². The third-order valence-corrected chi connectivity index (χ3v) is 5.86. The van der Waals surface area contributed by atoms with Crippen LogP contribution in [0.1, 0.15) is 5.56 Å². The van der Waals surface area contributed by atoms with Gasteiger partial charge in [0.25, 0.3) is 0 Å². The molecule has 0 saturated carbocycles. The molecule has 0 atom stereocenters. The number of aliphatic imine (C=N–C) groups is 1. The van der Waals surface area contributed by atoms with Crippen molar-refractivity contribution < 1.29 is 12.8 Å². The molecule has 0 fully saturated rings. The van der Waals surface area contributed by atoms with Crippen molar-refractivity contribution in [2.45, 2.75) is 16.3 Å². The second kappa shape index (κ2) is 6.65. The first kappa shape index (κ1) is 16.4. The lowest BCUT2D eigenvalue weighted by atomic mass is 10.1. The molecular formula is C20H16N2O3S. The fourth-order valence-corrected chi connectivity index (χ4v) is 4.23. The molecule has 3 aromatic rings. The number of rotatable bonds is 4. The Hall–Kier alpha value is -3.12. The topological polar surface area (TPSA) is 62.9 Å². The Bertz CT molecular complexity index is 1110. The summed E-state index contributed by atoms with van der Waals surface area (Å²) in [5, 5.41) is 0.760. The van der Waals surface area contributed by atoms with Crippen molar-refractivity contribution in [1.82, 2.24) is 4.90 Å². The first-order valence-corrected chi connectivity index (χ1v) is 9.55. The average molecular weight is 364 g/mol. The molecular weight excluding hydrogens is 348 g/mol. The van der Waals surface area contributed by atoms with Crippen LogP contribution in [0, 0.1) is 0 Å². The van der Waals surface area contributed by atoms with Gasteiger partial charge in [-0.2, -0.15) is 0 Å². The molecule has 0 bridgehead atoms. The van der Waals surface area contributed by atoms with Crippen LogP contribution in [0.3, 0.4) is 0 Å². The second-order valence-corrected chi connectivity index (χ2v) is 7.80. The van der Waals surface area contributed by atoms with Gasteiger partial charge >= 0.3 is 0 Å². The van der Waals surface area contributed by atoms with E-state index in [1.807, 2.05) is 23.4 Å². The molecule has 2 heterocycles. The fourth-order valence-electron chi connectivity index (χ4n) is 2.86. The van der Waals surface area contributed by atoms with E-state index in [0.29, 0.717) is 12.1 Å². The normalized spacial score (nSPS) is 14.1. The molecule has 5 nitrogen and oxygen atoms in total. The van der Waals surface area contributed by atoms with Crippen LogP contribution in [-0.4, -0.2) is 19.5 Å². The van der Waals surface area contributed by atoms with Gasteiger partial charge in [0.15, 0.2) is 0 Å². The lowest BCUT2D eigenvalue weighted by molar-refractivity contribution is 0.496. The summed E-state index contributed by atoms with van der Waals surface area (Å²) in [6.45, 7) is 0.471. The van der Waals surface area contributed by atoms with Crippen LogP contribution in [0.2, 0.25) is 0 Å². The molecule has 6 heteroatoms. The van der Waals surface area contributed by atoms with Crippen LogP contribution in [0.15, 0.2) is 98.7 Å². The van der Waals surface area contributed by atoms with E-state index in [0.717, 1.165) is 10.9 Å². The van der Waals surface area contributed by atoms with Crippen molar-refractivity contribution in [2.24, 2.45) is 4.99 Å². The van der Waals surface area contributed by atoms with Gasteiger partial charge in [-0.15, -0.1) is 0 Å². The van der Waals surface area contributed by atoms with E-state index in [4.69, 9.17) is 4.42 Å². The van der Waals surface area contributed by atoms with Gasteiger partial charge in [0.2, 0.25) is 9.84 Å². The highest BCUT2D eigenvalue weighted by molar-refractivity contribution is 7.91. The first-order valence-electron chi connectivity index (χ1n) is 8.07. The number of hydrogen-bond donors (Lipinski definition) is 0. The first-order chi connectivity index (χ1) is 12.6. The number of fused-ring (bicyclic) bond motifs is 1. The summed E-state index contributed by atoms with van der Waals surface area (Å²) < 4.78 is 31.6. The van der Waals surface area contributed by atoms with Crippen LogP contribution in [-0.2, 0) is 16.4 Å². The zero-order valence-corrected chi connectivity index (χ0v) is 14.6. The maximum Gasteiger partial charge on any atom is 0.206 e. The Morgan fingerprint density at radius 2 is 1.85 bits per heavy atom. The van der Waals surface area contributed by atoms with E-state index in [1.54, 1.807) is 67.2 Å². The molecule has 0 amide bonds. The zero-order chi connectivity index (χ0) is 18.0. The highest BCUT2D eigenvalue weighted by Crippen LogP contribution is 2.29. The molecule has 2 aromatic carbocycles. The number of sulfone groups is 1. The largest absolute Gasteiger partial charge is 0.464 e. The summed E-state index contributed by atoms with van der Waals surface area (Å²) in [5.41, 5.74) is 1.47. The number of nitrogens with zero attached hydrogens (tertiary/aromatic N) is 2. The van der Waals surface area contributed by atoms with Crippen LogP contribution < -0.4 is 0 Å². The van der Waals surface area contributed by atoms with Crippen LogP contribution in [0.4, 0.5) is 0 Å². The summed E-state index contributed by atoms with van der Waals surface area (Å²) in [4.78, 5) is 6.51. The summed E-state index contributed by atoms with van der Waals surface area (Å²) >= 11 is 0. The quantitative estimate of drug-likeness (QED) is 0.698. The van der Waals surface area contributed by atoms with Gasteiger partial charge in [-0.05, 0) is 36.4 Å². The Morgan fingerprint density at radius 1 is 1.00 bits per heavy atom. The highest BCUT2D eigenvalue weighted by Gasteiger charge is 2.20. The highest BCUT2D eigenvalue weighted by atomic mass is 32.2. The van der Waals surface area contributed by atoms with Gasteiger partial charge < -0.3 is 9.32 Å². The molecule has 26 heavy (non-hydrogen) atoms. The van der Waals surface area contributed by atoms with Gasteiger partial charge in [-0.3, -0.25) is 4.99 Å². The minimum Gasteiger partial charge on any atom is -0.464 e. The van der Waals surface area contributed by atoms with Crippen molar-refractivity contribution in [1.29, 1.82) is 0 Å². The van der Waals surface area contributed by atoms with Crippen molar-refractivity contribution in [2.75, 3.05) is 0 Å². The maximum absolute atomic E-state index is 13.0. The van der Waals surface area contributed by atoms with Crippen LogP contribution in [0.25, 0.3) is 11.0 Å². The monoisotopic (exact) mass is 364 g/mol. The molecule has 0 unspecified atom stereocenters. The molecule has 4 rings (SSSR count). The van der Waals surface area contributed by atoms with Crippen molar-refractivity contribution in [3.8, 4) is 0 Å². The Kier molecular flexibility index (Phi) is 4.18. The average Bonchev–Trinajstić information content (AvgIpc) is 2.99. The van der Waals surface area contributed by atoms with Crippen LogP contribution in [0.5, 0.6) is 0 Å². The molecule has 1 aromatic heterocycles. The molecule has 1 aliphatic rings. The minimum absolute atomic E-state index is 0.256. The van der Waals surface area contributed by atoms with E-state index in [2.05, 4.69) is 4.99 Å². The molecule has 1 aliphatic heterocycles. The van der Waals surface area contributed by atoms with E-state index in [-0.39, 0.29) is 9.79 Å². The van der Waals surface area contributed by atoms with E-state index in [9.17, 15) is 8.42 Å². The number of allylic oxidation sites excluding steroid dienone is 1.